The summed E-state index contributed by atoms with van der Waals surface area (Å²) in [5, 5.41) is 12.8. The molecule has 0 radical (unpaired) electrons. The predicted octanol–water partition coefficient (Wildman–Crippen LogP) is 2.12. The molecule has 0 amide bonds. The fourth-order valence-corrected chi connectivity index (χ4v) is 1.30. The van der Waals surface area contributed by atoms with Crippen LogP contribution in [0.4, 0.5) is 5.82 Å². The van der Waals surface area contributed by atoms with Crippen LogP contribution in [-0.2, 0) is 0 Å². The summed E-state index contributed by atoms with van der Waals surface area (Å²) in [6.45, 7) is 6.79. The smallest absolute Gasteiger partial charge is 0.335 e. The first-order valence-electron chi connectivity index (χ1n) is 4.47. The van der Waals surface area contributed by atoms with Crippen LogP contribution >= 0.6 is 0 Å². The summed E-state index contributed by atoms with van der Waals surface area (Å²) < 4.78 is 1.47. The average Bonchev–Trinajstić information content (AvgIpc) is 2.77. The van der Waals surface area contributed by atoms with E-state index in [0.29, 0.717) is 5.69 Å². The topological polar surface area (TPSA) is 59.5 Å². The van der Waals surface area contributed by atoms with Crippen molar-refractivity contribution in [3.8, 4) is 5.69 Å². The highest BCUT2D eigenvalue weighted by molar-refractivity contribution is 5.88. The van der Waals surface area contributed by atoms with E-state index in [2.05, 4.69) is 9.94 Å². The highest BCUT2D eigenvalue weighted by Gasteiger charge is 2.07. The Hall–Kier alpha value is -2.61. The summed E-state index contributed by atoms with van der Waals surface area (Å²) >= 11 is 0. The van der Waals surface area contributed by atoms with Crippen LogP contribution in [0.15, 0.2) is 36.5 Å². The molecule has 0 aliphatic heterocycles. The molecular weight excluding hydrogens is 206 g/mol. The van der Waals surface area contributed by atoms with Crippen molar-refractivity contribution in [3.05, 3.63) is 53.5 Å². The van der Waals surface area contributed by atoms with Crippen LogP contribution in [0.2, 0.25) is 0 Å². The van der Waals surface area contributed by atoms with Gasteiger partial charge in [-0.15, -0.1) is 0 Å². The Morgan fingerprint density at radius 1 is 1.44 bits per heavy atom. The molecule has 0 saturated heterocycles. The Kier molecular flexibility index (Phi) is 2.40. The highest BCUT2D eigenvalue weighted by atomic mass is 16.4. The van der Waals surface area contributed by atoms with Gasteiger partial charge in [-0.3, -0.25) is 0 Å². The van der Waals surface area contributed by atoms with Crippen LogP contribution in [-0.4, -0.2) is 20.9 Å². The largest absolute Gasteiger partial charge is 0.478 e. The predicted molar refractivity (Wildman–Crippen MR) is 56.8 cm³/mol. The SMILES string of the molecule is [C-]#[N+]c1ccn(-c2cccc(C(=O)O)c2)n1. The number of benzene rings is 1. The summed E-state index contributed by atoms with van der Waals surface area (Å²) in [5.41, 5.74) is 0.812. The van der Waals surface area contributed by atoms with Crippen molar-refractivity contribution in [1.82, 2.24) is 9.78 Å². The zero-order chi connectivity index (χ0) is 11.5. The van der Waals surface area contributed by atoms with Crippen molar-refractivity contribution in [2.45, 2.75) is 0 Å². The summed E-state index contributed by atoms with van der Waals surface area (Å²) in [6.07, 6.45) is 1.62. The summed E-state index contributed by atoms with van der Waals surface area (Å²) in [6, 6.07) is 7.94. The third kappa shape index (κ3) is 1.77. The number of carbonyl (C=O) groups is 1. The van der Waals surface area contributed by atoms with E-state index < -0.39 is 5.97 Å². The summed E-state index contributed by atoms with van der Waals surface area (Å²) in [5.74, 6) is -0.708. The zero-order valence-corrected chi connectivity index (χ0v) is 8.16. The number of rotatable bonds is 2. The van der Waals surface area contributed by atoms with Gasteiger partial charge in [0.1, 0.15) is 0 Å². The lowest BCUT2D eigenvalue weighted by Gasteiger charge is -1.99. The molecule has 0 aliphatic rings. The van der Waals surface area contributed by atoms with Gasteiger partial charge in [0.2, 0.25) is 0 Å². The van der Waals surface area contributed by atoms with Crippen molar-refractivity contribution in [2.24, 2.45) is 0 Å². The Morgan fingerprint density at radius 2 is 2.25 bits per heavy atom. The molecule has 2 rings (SSSR count). The molecule has 0 aliphatic carbocycles. The maximum atomic E-state index is 10.8. The van der Waals surface area contributed by atoms with Crippen LogP contribution in [0.3, 0.4) is 0 Å². The normalized spacial score (nSPS) is 9.69. The lowest BCUT2D eigenvalue weighted by molar-refractivity contribution is 0.0697. The molecule has 78 valence electrons. The molecular formula is C11H7N3O2. The van der Waals surface area contributed by atoms with Gasteiger partial charge in [0.15, 0.2) is 0 Å². The van der Waals surface area contributed by atoms with Gasteiger partial charge < -0.3 is 9.95 Å². The van der Waals surface area contributed by atoms with E-state index in [1.54, 1.807) is 24.4 Å². The first-order valence-corrected chi connectivity index (χ1v) is 4.47. The monoisotopic (exact) mass is 213 g/mol. The van der Waals surface area contributed by atoms with Gasteiger partial charge >= 0.3 is 5.97 Å². The van der Waals surface area contributed by atoms with E-state index >= 15 is 0 Å². The number of hydrogen-bond donors (Lipinski definition) is 1. The van der Waals surface area contributed by atoms with Crippen LogP contribution in [0.1, 0.15) is 10.4 Å². The average molecular weight is 213 g/mol. The van der Waals surface area contributed by atoms with E-state index in [1.807, 2.05) is 0 Å². The third-order valence-corrected chi connectivity index (χ3v) is 2.05. The molecule has 1 aromatic heterocycles. The van der Waals surface area contributed by atoms with Crippen LogP contribution in [0.5, 0.6) is 0 Å². The number of carboxylic acid groups (broad SMARTS) is 1. The van der Waals surface area contributed by atoms with Crippen molar-refractivity contribution >= 4 is 11.8 Å². The van der Waals surface area contributed by atoms with Gasteiger partial charge in [-0.25, -0.2) is 4.79 Å². The van der Waals surface area contributed by atoms with E-state index in [4.69, 9.17) is 11.7 Å². The first kappa shape index (κ1) is 9.93. The molecule has 1 heterocycles. The van der Waals surface area contributed by atoms with E-state index in [9.17, 15) is 4.79 Å². The van der Waals surface area contributed by atoms with Crippen molar-refractivity contribution in [1.29, 1.82) is 0 Å². The lowest BCUT2D eigenvalue weighted by atomic mass is 10.2. The number of hydrogen-bond acceptors (Lipinski definition) is 2. The molecule has 0 bridgehead atoms. The van der Waals surface area contributed by atoms with Crippen molar-refractivity contribution in [3.63, 3.8) is 0 Å². The number of carboxylic acids is 1. The van der Waals surface area contributed by atoms with E-state index in [1.165, 1.54) is 16.8 Å². The lowest BCUT2D eigenvalue weighted by Crippen LogP contribution is -1.99. The summed E-state index contributed by atoms with van der Waals surface area (Å²) in [4.78, 5) is 13.9. The molecule has 0 saturated carbocycles. The van der Waals surface area contributed by atoms with E-state index in [-0.39, 0.29) is 11.4 Å². The first-order chi connectivity index (χ1) is 7.70. The second-order valence-corrected chi connectivity index (χ2v) is 3.09. The molecule has 0 unspecified atom stereocenters. The van der Waals surface area contributed by atoms with E-state index in [0.717, 1.165) is 0 Å². The maximum Gasteiger partial charge on any atom is 0.335 e. The fourth-order valence-electron chi connectivity index (χ4n) is 1.30. The quantitative estimate of drug-likeness (QED) is 0.777. The summed E-state index contributed by atoms with van der Waals surface area (Å²) in [7, 11) is 0. The van der Waals surface area contributed by atoms with Gasteiger partial charge in [-0.2, -0.15) is 4.68 Å². The molecule has 0 spiro atoms. The second kappa shape index (κ2) is 3.87. The minimum atomic E-state index is -0.987. The molecule has 2 aromatic rings. The number of aromatic nitrogens is 2. The van der Waals surface area contributed by atoms with Crippen LogP contribution in [0, 0.1) is 6.57 Å². The fraction of sp³-hybridized carbons (Fsp3) is 0. The second-order valence-electron chi connectivity index (χ2n) is 3.09. The molecule has 5 nitrogen and oxygen atoms in total. The minimum Gasteiger partial charge on any atom is -0.478 e. The Labute approximate surface area is 91.4 Å². The third-order valence-electron chi connectivity index (χ3n) is 2.05. The highest BCUT2D eigenvalue weighted by Crippen LogP contribution is 2.13. The molecule has 0 fully saturated rings. The molecule has 1 aromatic carbocycles. The van der Waals surface area contributed by atoms with Gasteiger partial charge in [0.05, 0.1) is 11.3 Å². The van der Waals surface area contributed by atoms with Crippen molar-refractivity contribution < 1.29 is 9.90 Å². The van der Waals surface area contributed by atoms with Crippen molar-refractivity contribution in [2.75, 3.05) is 0 Å². The maximum absolute atomic E-state index is 10.8. The minimum absolute atomic E-state index is 0.192. The van der Waals surface area contributed by atoms with Gasteiger partial charge in [-0.1, -0.05) is 12.6 Å². The Bertz CT molecular complexity index is 581. The standard InChI is InChI=1S/C11H7N3O2/c1-12-10-5-6-14(13-10)9-4-2-3-8(7-9)11(15)16/h2-7H,(H,15,16). The Balaban J connectivity index is 2.44. The molecule has 0 atom stereocenters. The number of nitrogens with zero attached hydrogens (tertiary/aromatic N) is 3. The van der Waals surface area contributed by atoms with Crippen LogP contribution < -0.4 is 0 Å². The van der Waals surface area contributed by atoms with Crippen LogP contribution in [0.25, 0.3) is 10.5 Å². The van der Waals surface area contributed by atoms with Gasteiger partial charge in [-0.05, 0) is 29.4 Å². The molecule has 16 heavy (non-hydrogen) atoms. The molecule has 5 heteroatoms. The number of aromatic carboxylic acids is 1. The molecule has 1 N–H and O–H groups in total. The van der Waals surface area contributed by atoms with Gasteiger partial charge in [0.25, 0.3) is 5.82 Å². The zero-order valence-electron chi connectivity index (χ0n) is 8.16. The Morgan fingerprint density at radius 3 is 2.88 bits per heavy atom. The van der Waals surface area contributed by atoms with Gasteiger partial charge in [0, 0.05) is 6.20 Å².